The van der Waals surface area contributed by atoms with Crippen molar-refractivity contribution >= 4 is 11.7 Å². The number of benzene rings is 2. The number of carboxylic acid groups (broad SMARTS) is 1. The second-order valence-corrected chi connectivity index (χ2v) is 7.24. The maximum Gasteiger partial charge on any atom is 0.335 e. The van der Waals surface area contributed by atoms with Gasteiger partial charge in [0.1, 0.15) is 0 Å². The van der Waals surface area contributed by atoms with E-state index in [0.29, 0.717) is 11.6 Å². The van der Waals surface area contributed by atoms with Crippen LogP contribution in [0.1, 0.15) is 34.7 Å². The number of aromatic carboxylic acids is 1. The van der Waals surface area contributed by atoms with Crippen LogP contribution in [-0.2, 0) is 4.74 Å². The zero-order valence-corrected chi connectivity index (χ0v) is 14.2. The molecule has 0 amide bonds. The maximum atomic E-state index is 11.1. The quantitative estimate of drug-likeness (QED) is 0.737. The Morgan fingerprint density at radius 3 is 2.69 bits per heavy atom. The number of epoxide rings is 1. The van der Waals surface area contributed by atoms with Crippen LogP contribution in [0.15, 0.2) is 54.7 Å². The van der Waals surface area contributed by atoms with Gasteiger partial charge in [-0.3, -0.25) is 0 Å². The zero-order chi connectivity index (χ0) is 17.7. The number of ether oxygens (including phenoxy) is 1. The lowest BCUT2D eigenvalue weighted by Crippen LogP contribution is -2.30. The highest BCUT2D eigenvalue weighted by Crippen LogP contribution is 2.55. The van der Waals surface area contributed by atoms with E-state index in [2.05, 4.69) is 28.8 Å². The topological polar surface area (TPSA) is 73.9 Å². The monoisotopic (exact) mass is 348 g/mol. The Morgan fingerprint density at radius 1 is 1.23 bits per heavy atom. The lowest BCUT2D eigenvalue weighted by Gasteiger charge is -2.22. The Morgan fingerprint density at radius 2 is 2.04 bits per heavy atom. The Balaban J connectivity index is 1.55. The smallest absolute Gasteiger partial charge is 0.335 e. The van der Waals surface area contributed by atoms with Crippen molar-refractivity contribution in [1.29, 1.82) is 0 Å². The van der Waals surface area contributed by atoms with Crippen molar-refractivity contribution in [3.05, 3.63) is 65.9 Å². The largest absolute Gasteiger partial charge is 0.478 e. The van der Waals surface area contributed by atoms with Gasteiger partial charge in [0.15, 0.2) is 5.72 Å². The van der Waals surface area contributed by atoms with Crippen molar-refractivity contribution in [3.63, 3.8) is 0 Å². The van der Waals surface area contributed by atoms with Crippen LogP contribution in [0.4, 0.5) is 5.69 Å². The number of nitrogens with one attached hydrogen (secondary N) is 2. The van der Waals surface area contributed by atoms with Crippen LogP contribution in [0.25, 0.3) is 11.1 Å². The zero-order valence-electron chi connectivity index (χ0n) is 14.2. The summed E-state index contributed by atoms with van der Waals surface area (Å²) in [6, 6.07) is 13.8. The number of carbonyl (C=O) groups is 1. The highest BCUT2D eigenvalue weighted by atomic mass is 16.6. The molecule has 0 radical (unpaired) electrons. The van der Waals surface area contributed by atoms with Gasteiger partial charge in [-0.15, -0.1) is 0 Å². The van der Waals surface area contributed by atoms with Crippen molar-refractivity contribution in [1.82, 2.24) is 5.32 Å². The average molecular weight is 348 g/mol. The first kappa shape index (κ1) is 15.5. The van der Waals surface area contributed by atoms with Crippen molar-refractivity contribution in [2.45, 2.75) is 30.5 Å². The number of carboxylic acids is 1. The van der Waals surface area contributed by atoms with E-state index in [9.17, 15) is 4.79 Å². The van der Waals surface area contributed by atoms with Gasteiger partial charge in [-0.2, -0.15) is 0 Å². The fraction of sp³-hybridized carbons (Fsp3) is 0.286. The Labute approximate surface area is 151 Å². The lowest BCUT2D eigenvalue weighted by atomic mass is 9.84. The molecule has 0 bridgehead atoms. The molecular formula is C21H20N2O3. The fourth-order valence-corrected chi connectivity index (χ4v) is 4.25. The second-order valence-electron chi connectivity index (χ2n) is 7.24. The van der Waals surface area contributed by atoms with Crippen molar-refractivity contribution in [3.8, 4) is 11.1 Å². The minimum Gasteiger partial charge on any atom is -0.478 e. The van der Waals surface area contributed by atoms with Gasteiger partial charge in [0.05, 0.1) is 12.2 Å². The summed E-state index contributed by atoms with van der Waals surface area (Å²) in [5.74, 6) is -0.634. The summed E-state index contributed by atoms with van der Waals surface area (Å²) in [6.07, 6.45) is 6.24. The summed E-state index contributed by atoms with van der Waals surface area (Å²) >= 11 is 0. The summed E-state index contributed by atoms with van der Waals surface area (Å²) in [4.78, 5) is 11.1. The van der Waals surface area contributed by atoms with Crippen molar-refractivity contribution < 1.29 is 14.6 Å². The van der Waals surface area contributed by atoms with Gasteiger partial charge in [0.2, 0.25) is 0 Å². The molecule has 2 aromatic carbocycles. The molecule has 2 aromatic rings. The molecule has 132 valence electrons. The Bertz CT molecular complexity index is 892. The van der Waals surface area contributed by atoms with E-state index in [1.165, 1.54) is 5.56 Å². The molecule has 5 rings (SSSR count). The minimum atomic E-state index is -0.903. The van der Waals surface area contributed by atoms with Gasteiger partial charge >= 0.3 is 5.97 Å². The molecule has 5 nitrogen and oxygen atoms in total. The standard InChI is InChI=1S/C21H20N2O3/c24-20(25)14-8-6-13(7-9-14)16-4-1-5-18-19(16)17(21(23-18)12-26-21)11-15-3-2-10-22-15/h1-2,4-10,15,17,22-23H,3,11-12H2,(H,24,25). The van der Waals surface area contributed by atoms with Crippen LogP contribution in [0.5, 0.6) is 0 Å². The molecule has 3 aliphatic heterocycles. The van der Waals surface area contributed by atoms with E-state index in [1.54, 1.807) is 12.1 Å². The normalized spacial score (nSPS) is 27.8. The van der Waals surface area contributed by atoms with E-state index in [4.69, 9.17) is 9.84 Å². The second kappa shape index (κ2) is 5.61. The molecule has 3 atom stereocenters. The third-order valence-electron chi connectivity index (χ3n) is 5.65. The number of hydrogen-bond donors (Lipinski definition) is 3. The lowest BCUT2D eigenvalue weighted by molar-refractivity contribution is 0.0697. The molecule has 3 N–H and O–H groups in total. The van der Waals surface area contributed by atoms with Gasteiger partial charge < -0.3 is 20.5 Å². The Kier molecular flexibility index (Phi) is 3.34. The molecule has 5 heteroatoms. The molecule has 0 aromatic heterocycles. The van der Waals surface area contributed by atoms with Gasteiger partial charge in [-0.1, -0.05) is 30.3 Å². The molecule has 0 aliphatic carbocycles. The first-order valence-electron chi connectivity index (χ1n) is 8.96. The van der Waals surface area contributed by atoms with Gasteiger partial charge in [0, 0.05) is 17.6 Å². The first-order valence-corrected chi connectivity index (χ1v) is 8.96. The Hall–Kier alpha value is -2.79. The summed E-state index contributed by atoms with van der Waals surface area (Å²) in [6.45, 7) is 0.726. The number of anilines is 1. The van der Waals surface area contributed by atoms with Crippen molar-refractivity contribution in [2.75, 3.05) is 11.9 Å². The van der Waals surface area contributed by atoms with E-state index in [0.717, 1.165) is 36.3 Å². The molecule has 26 heavy (non-hydrogen) atoms. The molecule has 0 saturated carbocycles. The first-order chi connectivity index (χ1) is 12.7. The summed E-state index contributed by atoms with van der Waals surface area (Å²) in [7, 11) is 0. The third-order valence-corrected chi connectivity index (χ3v) is 5.65. The summed E-state index contributed by atoms with van der Waals surface area (Å²) in [5.41, 5.74) is 4.62. The number of fused-ring (bicyclic) bond motifs is 1. The van der Waals surface area contributed by atoms with Crippen LogP contribution in [0.2, 0.25) is 0 Å². The molecular weight excluding hydrogens is 328 g/mol. The van der Waals surface area contributed by atoms with E-state index in [-0.39, 0.29) is 11.6 Å². The van der Waals surface area contributed by atoms with Crippen molar-refractivity contribution in [2.24, 2.45) is 0 Å². The van der Waals surface area contributed by atoms with Gasteiger partial charge in [0.25, 0.3) is 0 Å². The molecule has 1 saturated heterocycles. The summed E-state index contributed by atoms with van der Waals surface area (Å²) in [5, 5.41) is 16.2. The van der Waals surface area contributed by atoms with E-state index < -0.39 is 5.97 Å². The highest BCUT2D eigenvalue weighted by molar-refractivity contribution is 5.89. The molecule has 3 heterocycles. The van der Waals surface area contributed by atoms with Crippen LogP contribution >= 0.6 is 0 Å². The van der Waals surface area contributed by atoms with E-state index in [1.807, 2.05) is 24.4 Å². The molecule has 3 unspecified atom stereocenters. The molecule has 1 spiro atoms. The molecule has 1 fully saturated rings. The van der Waals surface area contributed by atoms with Crippen LogP contribution in [0, 0.1) is 0 Å². The fourth-order valence-electron chi connectivity index (χ4n) is 4.25. The third kappa shape index (κ3) is 2.39. The highest BCUT2D eigenvalue weighted by Gasteiger charge is 2.58. The predicted octanol–water partition coefficient (Wildman–Crippen LogP) is 3.55. The van der Waals surface area contributed by atoms with Crippen LogP contribution in [0.3, 0.4) is 0 Å². The minimum absolute atomic E-state index is 0.269. The maximum absolute atomic E-state index is 11.1. The van der Waals surface area contributed by atoms with Gasteiger partial charge in [-0.25, -0.2) is 4.79 Å². The predicted molar refractivity (Wildman–Crippen MR) is 99.2 cm³/mol. The summed E-state index contributed by atoms with van der Waals surface area (Å²) < 4.78 is 5.87. The average Bonchev–Trinajstić information content (AvgIpc) is 3.11. The number of hydrogen-bond acceptors (Lipinski definition) is 4. The van der Waals surface area contributed by atoms with Crippen LogP contribution in [-0.4, -0.2) is 29.4 Å². The number of rotatable bonds is 4. The van der Waals surface area contributed by atoms with E-state index >= 15 is 0 Å². The SMILES string of the molecule is O=C(O)c1ccc(-c2cccc3c2C(CC2CC=CN2)C2(CO2)N3)cc1. The van der Waals surface area contributed by atoms with Gasteiger partial charge in [-0.05, 0) is 53.9 Å². The molecule has 3 aliphatic rings. The van der Waals surface area contributed by atoms with Crippen LogP contribution < -0.4 is 10.6 Å².